The van der Waals surface area contributed by atoms with Crippen LogP contribution in [0.2, 0.25) is 0 Å². The van der Waals surface area contributed by atoms with Crippen LogP contribution in [0.25, 0.3) is 0 Å². The van der Waals surface area contributed by atoms with Crippen molar-refractivity contribution in [2.24, 2.45) is 0 Å². The van der Waals surface area contributed by atoms with Gasteiger partial charge in [0.1, 0.15) is 0 Å². The van der Waals surface area contributed by atoms with E-state index in [0.29, 0.717) is 0 Å². The zero-order chi connectivity index (χ0) is 9.49. The summed E-state index contributed by atoms with van der Waals surface area (Å²) in [5.41, 5.74) is 0. The van der Waals surface area contributed by atoms with Crippen molar-refractivity contribution in [3.8, 4) is 0 Å². The van der Waals surface area contributed by atoms with Crippen LogP contribution in [0.1, 0.15) is 0 Å². The van der Waals surface area contributed by atoms with Gasteiger partial charge < -0.3 is 18.8 Å². The van der Waals surface area contributed by atoms with E-state index in [9.17, 15) is 13.0 Å². The molecule has 0 bridgehead atoms. The summed E-state index contributed by atoms with van der Waals surface area (Å²) < 4.78 is 52.6. The second-order valence-corrected chi connectivity index (χ2v) is 3.16. The molecule has 1 unspecified atom stereocenters. The molecule has 0 aromatic carbocycles. The van der Waals surface area contributed by atoms with Crippen molar-refractivity contribution in [2.45, 2.75) is 0 Å². The molecular weight excluding hydrogens is 246 g/mol. The molecule has 0 saturated heterocycles. The molecule has 70 valence electrons. The number of rotatable bonds is 2. The second-order valence-electron chi connectivity index (χ2n) is 1.20. The van der Waals surface area contributed by atoms with Crippen LogP contribution in [0, 0.1) is 0 Å². The number of hydrogen-bond donors (Lipinski definition) is 2. The van der Waals surface area contributed by atoms with E-state index in [4.69, 9.17) is 18.4 Å². The number of aliphatic hydroxyl groups is 1. The predicted molar refractivity (Wildman–Crippen MR) is 33.2 cm³/mol. The van der Waals surface area contributed by atoms with Crippen molar-refractivity contribution < 1.29 is 90.5 Å². The van der Waals surface area contributed by atoms with Crippen LogP contribution in [-0.4, -0.2) is 43.8 Å². The van der Waals surface area contributed by atoms with Gasteiger partial charge in [0.15, 0.2) is 0 Å². The van der Waals surface area contributed by atoms with Gasteiger partial charge in [-0.1, -0.05) is 0 Å². The predicted octanol–water partition coefficient (Wildman–Crippen LogP) is -8.13. The van der Waals surface area contributed by atoms with Crippen LogP contribution in [0.5, 0.6) is 0 Å². The maximum absolute atomic E-state index is 9.52. The monoisotopic (exact) mass is 252 g/mol. The van der Waals surface area contributed by atoms with Crippen LogP contribution in [0.4, 0.5) is 0 Å². The van der Waals surface area contributed by atoms with Gasteiger partial charge in [-0.25, -0.2) is 12.6 Å². The fourth-order valence-electron chi connectivity index (χ4n) is 0.112. The fraction of sp³-hybridized carbons (Fsp3) is 1.00. The van der Waals surface area contributed by atoms with Crippen molar-refractivity contribution in [3.63, 3.8) is 0 Å². The van der Waals surface area contributed by atoms with Gasteiger partial charge in [0.05, 0.1) is 33.8 Å². The van der Waals surface area contributed by atoms with E-state index in [1.165, 1.54) is 0 Å². The minimum absolute atomic E-state index is 0. The third-order valence-corrected chi connectivity index (χ3v) is 1.02. The van der Waals surface area contributed by atoms with Gasteiger partial charge >= 0.3 is 59.1 Å². The van der Waals surface area contributed by atoms with E-state index in [1.54, 1.807) is 0 Å². The fourth-order valence-corrected chi connectivity index (χ4v) is 0.335. The molecule has 2 N–H and O–H groups in total. The molecule has 0 aliphatic carbocycles. The van der Waals surface area contributed by atoms with Gasteiger partial charge in [-0.05, 0) is 0 Å². The molecule has 0 spiro atoms. The Bertz CT molecular complexity index is 197. The Hall–Kier alpha value is 1.94. The molecule has 0 rings (SSSR count). The SMILES string of the molecule is O=S(=O)([O-])CCO.O=S([O-])O.[Na+].[Na+]. The molecule has 0 saturated carbocycles. The molecule has 7 nitrogen and oxygen atoms in total. The Morgan fingerprint density at radius 3 is 1.54 bits per heavy atom. The quantitative estimate of drug-likeness (QED) is 0.283. The standard InChI is InChI=1S/C2H6O4S.2Na.H2O3S/c3-1-2-7(4,5)6;;;1-4(2)3/h3H,1-2H2,(H,4,5,6);;;(H2,1,2,3)/q;2*+1;/p-2. The summed E-state index contributed by atoms with van der Waals surface area (Å²) in [7, 11) is -4.17. The van der Waals surface area contributed by atoms with Gasteiger partial charge in [0, 0.05) is 0 Å². The second kappa shape index (κ2) is 13.9. The topological polar surface area (TPSA) is 138 Å². The smallest absolute Gasteiger partial charge is 0.750 e. The van der Waals surface area contributed by atoms with Gasteiger partial charge in [0.25, 0.3) is 0 Å². The summed E-state index contributed by atoms with van der Waals surface area (Å²) in [6.45, 7) is -0.591. The van der Waals surface area contributed by atoms with E-state index in [2.05, 4.69) is 0 Å². The maximum atomic E-state index is 9.52. The molecule has 0 aromatic heterocycles. The molecule has 0 heterocycles. The first kappa shape index (κ1) is 24.3. The van der Waals surface area contributed by atoms with Crippen molar-refractivity contribution in [3.05, 3.63) is 0 Å². The van der Waals surface area contributed by atoms with E-state index in [-0.39, 0.29) is 59.1 Å². The summed E-state index contributed by atoms with van der Waals surface area (Å²) in [5, 5.41) is 7.82. The average molecular weight is 252 g/mol. The van der Waals surface area contributed by atoms with Crippen LogP contribution in [0.3, 0.4) is 0 Å². The molecule has 13 heavy (non-hydrogen) atoms. The zero-order valence-electron chi connectivity index (χ0n) is 7.17. The minimum atomic E-state index is -4.17. The Labute approximate surface area is 123 Å². The molecule has 0 aliphatic rings. The molecule has 11 heteroatoms. The third kappa shape index (κ3) is 56.3. The summed E-state index contributed by atoms with van der Waals surface area (Å²) >= 11 is -2.86. The van der Waals surface area contributed by atoms with Crippen LogP contribution >= 0.6 is 0 Å². The summed E-state index contributed by atoms with van der Waals surface area (Å²) in [6, 6.07) is 0. The largest absolute Gasteiger partial charge is 1.00 e. The van der Waals surface area contributed by atoms with Crippen molar-refractivity contribution >= 4 is 21.5 Å². The molecule has 0 radical (unpaired) electrons. The van der Waals surface area contributed by atoms with E-state index in [0.717, 1.165) is 0 Å². The average Bonchev–Trinajstić information content (AvgIpc) is 1.58. The van der Waals surface area contributed by atoms with Gasteiger partial charge in [-0.15, -0.1) is 0 Å². The van der Waals surface area contributed by atoms with Crippen LogP contribution in [0.15, 0.2) is 0 Å². The first-order valence-corrected chi connectivity index (χ1v) is 4.73. The Morgan fingerprint density at radius 2 is 1.54 bits per heavy atom. The number of aliphatic hydroxyl groups excluding tert-OH is 1. The van der Waals surface area contributed by atoms with E-state index >= 15 is 0 Å². The van der Waals surface area contributed by atoms with Crippen molar-refractivity contribution in [2.75, 3.05) is 12.4 Å². The molecule has 0 amide bonds. The minimum Gasteiger partial charge on any atom is -0.750 e. The molecule has 0 aromatic rings. The normalized spacial score (nSPS) is 11.1. The first-order chi connectivity index (χ1) is 4.79. The summed E-state index contributed by atoms with van der Waals surface area (Å²) in [4.78, 5) is 0. The Morgan fingerprint density at radius 1 is 1.31 bits per heavy atom. The molecule has 0 fully saturated rings. The third-order valence-electron chi connectivity index (χ3n) is 0.341. The van der Waals surface area contributed by atoms with Gasteiger partial charge in [-0.3, -0.25) is 0 Å². The molecule has 0 aliphatic heterocycles. The molecule has 1 atom stereocenters. The summed E-state index contributed by atoms with van der Waals surface area (Å²) in [5.74, 6) is -0.688. The van der Waals surface area contributed by atoms with Gasteiger partial charge in [-0.2, -0.15) is 0 Å². The van der Waals surface area contributed by atoms with Gasteiger partial charge in [0.2, 0.25) is 0 Å². The van der Waals surface area contributed by atoms with E-state index < -0.39 is 33.8 Å². The number of hydrogen-bond acceptors (Lipinski definition) is 6. The zero-order valence-corrected chi connectivity index (χ0v) is 12.8. The Balaban J connectivity index is -0.0000000600. The van der Waals surface area contributed by atoms with Crippen molar-refractivity contribution in [1.82, 2.24) is 0 Å². The first-order valence-electron chi connectivity index (χ1n) is 2.12. The van der Waals surface area contributed by atoms with Crippen LogP contribution < -0.4 is 59.1 Å². The van der Waals surface area contributed by atoms with Crippen molar-refractivity contribution in [1.29, 1.82) is 0 Å². The van der Waals surface area contributed by atoms with E-state index in [1.807, 2.05) is 0 Å². The summed E-state index contributed by atoms with van der Waals surface area (Å²) in [6.07, 6.45) is 0. The molecular formula is C2H6Na2O7S2. The van der Waals surface area contributed by atoms with Crippen LogP contribution in [-0.2, 0) is 21.5 Å². The maximum Gasteiger partial charge on any atom is 1.00 e. The Kier molecular flexibility index (Phi) is 26.0.